The van der Waals surface area contributed by atoms with E-state index in [9.17, 15) is 4.79 Å². The molecule has 1 aromatic heterocycles. The van der Waals surface area contributed by atoms with E-state index in [1.807, 2.05) is 6.07 Å². The molecule has 1 aliphatic carbocycles. The Balaban J connectivity index is 1.99. The lowest BCUT2D eigenvalue weighted by molar-refractivity contribution is 0.0821. The molecule has 1 heterocycles. The first-order chi connectivity index (χ1) is 8.16. The van der Waals surface area contributed by atoms with Crippen molar-refractivity contribution in [1.82, 2.24) is 15.1 Å². The Morgan fingerprint density at radius 1 is 1.29 bits per heavy atom. The molecule has 92 valence electrons. The van der Waals surface area contributed by atoms with Crippen molar-refractivity contribution in [3.8, 4) is 0 Å². The van der Waals surface area contributed by atoms with Gasteiger partial charge in [0.2, 0.25) is 0 Å². The fourth-order valence-electron chi connectivity index (χ4n) is 2.03. The SMILES string of the molecule is CN(C)C(=O)c1ccc(NC2CCCC2)nn1. The third kappa shape index (κ3) is 2.93. The first kappa shape index (κ1) is 11.8. The minimum Gasteiger partial charge on any atom is -0.366 e. The zero-order chi connectivity index (χ0) is 12.3. The summed E-state index contributed by atoms with van der Waals surface area (Å²) < 4.78 is 0. The molecular weight excluding hydrogens is 216 g/mol. The van der Waals surface area contributed by atoms with E-state index in [1.165, 1.54) is 30.6 Å². The molecule has 0 radical (unpaired) electrons. The number of carbonyl (C=O) groups excluding carboxylic acids is 1. The van der Waals surface area contributed by atoms with Gasteiger partial charge < -0.3 is 10.2 Å². The van der Waals surface area contributed by atoms with Gasteiger partial charge in [0.05, 0.1) is 0 Å². The van der Waals surface area contributed by atoms with Crippen LogP contribution < -0.4 is 5.32 Å². The summed E-state index contributed by atoms with van der Waals surface area (Å²) in [6, 6.07) is 4.05. The first-order valence-corrected chi connectivity index (χ1v) is 5.99. The van der Waals surface area contributed by atoms with E-state index >= 15 is 0 Å². The summed E-state index contributed by atoms with van der Waals surface area (Å²) in [5, 5.41) is 11.3. The van der Waals surface area contributed by atoms with Gasteiger partial charge in [0.15, 0.2) is 5.69 Å². The van der Waals surface area contributed by atoms with Crippen LogP contribution in [0.4, 0.5) is 5.82 Å². The zero-order valence-electron chi connectivity index (χ0n) is 10.3. The van der Waals surface area contributed by atoms with Gasteiger partial charge in [0.1, 0.15) is 5.82 Å². The van der Waals surface area contributed by atoms with Gasteiger partial charge in [-0.15, -0.1) is 10.2 Å². The fourth-order valence-corrected chi connectivity index (χ4v) is 2.03. The van der Waals surface area contributed by atoms with Gasteiger partial charge in [0, 0.05) is 20.1 Å². The highest BCUT2D eigenvalue weighted by molar-refractivity contribution is 5.91. The van der Waals surface area contributed by atoms with Crippen LogP contribution in [0.25, 0.3) is 0 Å². The van der Waals surface area contributed by atoms with Crippen LogP contribution in [-0.2, 0) is 0 Å². The molecule has 1 amide bonds. The topological polar surface area (TPSA) is 58.1 Å². The normalized spacial score (nSPS) is 15.9. The van der Waals surface area contributed by atoms with E-state index in [0.29, 0.717) is 11.7 Å². The number of anilines is 1. The Bertz CT molecular complexity index is 382. The lowest BCUT2D eigenvalue weighted by Crippen LogP contribution is -2.23. The summed E-state index contributed by atoms with van der Waals surface area (Å²) in [5.41, 5.74) is 0.381. The van der Waals surface area contributed by atoms with Gasteiger partial charge >= 0.3 is 0 Å². The van der Waals surface area contributed by atoms with Gasteiger partial charge in [-0.2, -0.15) is 0 Å². The Morgan fingerprint density at radius 2 is 2.00 bits per heavy atom. The van der Waals surface area contributed by atoms with E-state index in [4.69, 9.17) is 0 Å². The summed E-state index contributed by atoms with van der Waals surface area (Å²) in [6.45, 7) is 0. The molecular formula is C12H18N4O. The van der Waals surface area contributed by atoms with Crippen LogP contribution in [0.15, 0.2) is 12.1 Å². The molecule has 1 N–H and O–H groups in total. The number of nitrogens with one attached hydrogen (secondary N) is 1. The number of nitrogens with zero attached hydrogens (tertiary/aromatic N) is 3. The summed E-state index contributed by atoms with van der Waals surface area (Å²) in [5.74, 6) is 0.636. The van der Waals surface area contributed by atoms with E-state index < -0.39 is 0 Å². The van der Waals surface area contributed by atoms with E-state index in [1.54, 1.807) is 20.2 Å². The second-order valence-electron chi connectivity index (χ2n) is 4.63. The largest absolute Gasteiger partial charge is 0.366 e. The summed E-state index contributed by atoms with van der Waals surface area (Å²) in [6.07, 6.45) is 4.95. The van der Waals surface area contributed by atoms with Crippen molar-refractivity contribution in [2.24, 2.45) is 0 Å². The standard InChI is InChI=1S/C12H18N4O/c1-16(2)12(17)10-7-8-11(15-14-10)13-9-5-3-4-6-9/h7-9H,3-6H2,1-2H3,(H,13,15). The van der Waals surface area contributed by atoms with Gasteiger partial charge in [-0.25, -0.2) is 0 Å². The van der Waals surface area contributed by atoms with Gasteiger partial charge in [-0.05, 0) is 25.0 Å². The number of amides is 1. The van der Waals surface area contributed by atoms with E-state index in [-0.39, 0.29) is 5.91 Å². The minimum atomic E-state index is -0.120. The number of carbonyl (C=O) groups is 1. The molecule has 1 aliphatic rings. The second-order valence-corrected chi connectivity index (χ2v) is 4.63. The number of rotatable bonds is 3. The van der Waals surface area contributed by atoms with Crippen molar-refractivity contribution in [1.29, 1.82) is 0 Å². The first-order valence-electron chi connectivity index (χ1n) is 5.99. The molecule has 0 unspecified atom stereocenters. The van der Waals surface area contributed by atoms with Gasteiger partial charge in [-0.1, -0.05) is 12.8 Å². The van der Waals surface area contributed by atoms with Crippen LogP contribution in [0.5, 0.6) is 0 Å². The molecule has 0 spiro atoms. The summed E-state index contributed by atoms with van der Waals surface area (Å²) in [4.78, 5) is 13.1. The molecule has 1 fully saturated rings. The maximum absolute atomic E-state index is 11.6. The Morgan fingerprint density at radius 3 is 2.53 bits per heavy atom. The second kappa shape index (κ2) is 5.12. The monoisotopic (exact) mass is 234 g/mol. The molecule has 5 nitrogen and oxygen atoms in total. The Hall–Kier alpha value is -1.65. The molecule has 17 heavy (non-hydrogen) atoms. The van der Waals surface area contributed by atoms with E-state index in [2.05, 4.69) is 15.5 Å². The van der Waals surface area contributed by atoms with Crippen LogP contribution in [0.1, 0.15) is 36.2 Å². The predicted octanol–water partition coefficient (Wildman–Crippen LogP) is 1.53. The predicted molar refractivity (Wildman–Crippen MR) is 65.9 cm³/mol. The number of hydrogen-bond acceptors (Lipinski definition) is 4. The molecule has 1 aromatic rings. The smallest absolute Gasteiger partial charge is 0.273 e. The minimum absolute atomic E-state index is 0.120. The maximum atomic E-state index is 11.6. The summed E-state index contributed by atoms with van der Waals surface area (Å²) >= 11 is 0. The quantitative estimate of drug-likeness (QED) is 0.861. The fraction of sp³-hybridized carbons (Fsp3) is 0.583. The molecule has 0 aliphatic heterocycles. The third-order valence-electron chi connectivity index (χ3n) is 3.00. The van der Waals surface area contributed by atoms with Gasteiger partial charge in [-0.3, -0.25) is 4.79 Å². The molecule has 0 saturated heterocycles. The van der Waals surface area contributed by atoms with Crippen molar-refractivity contribution in [2.45, 2.75) is 31.7 Å². The van der Waals surface area contributed by atoms with Crippen molar-refractivity contribution in [3.63, 3.8) is 0 Å². The highest BCUT2D eigenvalue weighted by Crippen LogP contribution is 2.21. The van der Waals surface area contributed by atoms with Crippen molar-refractivity contribution < 1.29 is 4.79 Å². The molecule has 5 heteroatoms. The van der Waals surface area contributed by atoms with Crippen molar-refractivity contribution in [3.05, 3.63) is 17.8 Å². The van der Waals surface area contributed by atoms with Crippen molar-refractivity contribution >= 4 is 11.7 Å². The summed E-state index contributed by atoms with van der Waals surface area (Å²) in [7, 11) is 3.41. The molecule has 1 saturated carbocycles. The average molecular weight is 234 g/mol. The highest BCUT2D eigenvalue weighted by Gasteiger charge is 2.15. The maximum Gasteiger partial charge on any atom is 0.273 e. The van der Waals surface area contributed by atoms with E-state index in [0.717, 1.165) is 5.82 Å². The molecule has 0 aromatic carbocycles. The van der Waals surface area contributed by atoms with Crippen LogP contribution in [0.2, 0.25) is 0 Å². The zero-order valence-corrected chi connectivity index (χ0v) is 10.3. The van der Waals surface area contributed by atoms with Gasteiger partial charge in [0.25, 0.3) is 5.91 Å². The van der Waals surface area contributed by atoms with Crippen LogP contribution in [0.3, 0.4) is 0 Å². The number of hydrogen-bond donors (Lipinski definition) is 1. The van der Waals surface area contributed by atoms with Crippen LogP contribution >= 0.6 is 0 Å². The lowest BCUT2D eigenvalue weighted by atomic mass is 10.2. The molecule has 2 rings (SSSR count). The Labute approximate surface area is 101 Å². The van der Waals surface area contributed by atoms with Crippen LogP contribution in [0, 0.1) is 0 Å². The van der Waals surface area contributed by atoms with Crippen LogP contribution in [-0.4, -0.2) is 41.1 Å². The lowest BCUT2D eigenvalue weighted by Gasteiger charge is -2.12. The van der Waals surface area contributed by atoms with Crippen molar-refractivity contribution in [2.75, 3.05) is 19.4 Å². The Kier molecular flexibility index (Phi) is 3.56. The molecule has 0 atom stereocenters. The number of aromatic nitrogens is 2. The third-order valence-corrected chi connectivity index (χ3v) is 3.00. The highest BCUT2D eigenvalue weighted by atomic mass is 16.2. The average Bonchev–Trinajstić information content (AvgIpc) is 2.82. The molecule has 0 bridgehead atoms.